The van der Waals surface area contributed by atoms with Gasteiger partial charge in [-0.2, -0.15) is 5.26 Å². The Labute approximate surface area is 91.1 Å². The molecule has 0 aliphatic heterocycles. The number of hydrogen-bond acceptors (Lipinski definition) is 4. The predicted octanol–water partition coefficient (Wildman–Crippen LogP) is 3.07. The summed E-state index contributed by atoms with van der Waals surface area (Å²) < 4.78 is 6.16. The minimum Gasteiger partial charge on any atom is -0.487 e. The van der Waals surface area contributed by atoms with Gasteiger partial charge in [0.1, 0.15) is 0 Å². The summed E-state index contributed by atoms with van der Waals surface area (Å²) in [4.78, 5) is 0.804. The fourth-order valence-electron chi connectivity index (χ4n) is 1.29. The average molecular weight is 221 g/mol. The molecule has 1 heterocycles. The third kappa shape index (κ3) is 1.45. The molecule has 2 rings (SSSR count). The Hall–Kier alpha value is -1.18. The third-order valence-corrected chi connectivity index (χ3v) is 3.22. The first kappa shape index (κ1) is 9.38. The Morgan fingerprint density at radius 3 is 2.86 bits per heavy atom. The van der Waals surface area contributed by atoms with Gasteiger partial charge in [-0.15, -0.1) is 12.6 Å². The summed E-state index contributed by atoms with van der Waals surface area (Å²) in [6.07, 6.45) is 0. The predicted molar refractivity (Wildman–Crippen MR) is 60.3 cm³/mol. The largest absolute Gasteiger partial charge is 0.487 e. The van der Waals surface area contributed by atoms with Crippen LogP contribution in [0.25, 0.3) is 10.1 Å². The van der Waals surface area contributed by atoms with Crippen molar-refractivity contribution in [3.63, 3.8) is 0 Å². The molecule has 70 valence electrons. The van der Waals surface area contributed by atoms with Crippen molar-refractivity contribution in [2.24, 2.45) is 0 Å². The lowest BCUT2D eigenvalue weighted by Crippen LogP contribution is -1.76. The molecule has 0 radical (unpaired) electrons. The van der Waals surface area contributed by atoms with Crippen molar-refractivity contribution in [1.29, 1.82) is 5.26 Å². The Morgan fingerprint density at radius 2 is 2.21 bits per heavy atom. The van der Waals surface area contributed by atoms with Crippen LogP contribution >= 0.6 is 24.0 Å². The maximum Gasteiger partial charge on any atom is 0.174 e. The lowest BCUT2D eigenvalue weighted by atomic mass is 10.1. The Balaban J connectivity index is 2.79. The SMILES string of the molecule is COc1cc2c(C#N)cc(S)cc2s1. The molecule has 0 aliphatic rings. The van der Waals surface area contributed by atoms with E-state index in [0.29, 0.717) is 5.56 Å². The normalized spacial score (nSPS) is 10.1. The molecule has 0 aliphatic carbocycles. The highest BCUT2D eigenvalue weighted by Crippen LogP contribution is 2.34. The molecule has 4 heteroatoms. The second-order valence-electron chi connectivity index (χ2n) is 2.79. The zero-order valence-corrected chi connectivity index (χ0v) is 9.15. The molecule has 0 saturated heterocycles. The molecule has 14 heavy (non-hydrogen) atoms. The first-order valence-corrected chi connectivity index (χ1v) is 5.21. The topological polar surface area (TPSA) is 33.0 Å². The maximum absolute atomic E-state index is 8.92. The maximum atomic E-state index is 8.92. The number of thiophene rings is 1. The average Bonchev–Trinajstić information content (AvgIpc) is 2.59. The minimum absolute atomic E-state index is 0.645. The molecular weight excluding hydrogens is 214 g/mol. The summed E-state index contributed by atoms with van der Waals surface area (Å²) in [5.41, 5.74) is 0.645. The van der Waals surface area contributed by atoms with Gasteiger partial charge in [-0.25, -0.2) is 0 Å². The van der Waals surface area contributed by atoms with Crippen molar-refractivity contribution in [3.8, 4) is 11.1 Å². The number of ether oxygens (including phenoxy) is 1. The van der Waals surface area contributed by atoms with E-state index in [9.17, 15) is 0 Å². The molecule has 2 aromatic rings. The van der Waals surface area contributed by atoms with Crippen LogP contribution in [0.2, 0.25) is 0 Å². The van der Waals surface area contributed by atoms with Gasteiger partial charge in [-0.05, 0) is 12.1 Å². The standard InChI is InChI=1S/C10H7NOS2/c1-12-10-4-8-6(5-11)2-7(13)3-9(8)14-10/h2-4,13H,1H3. The van der Waals surface area contributed by atoms with Crippen LogP contribution in [0.4, 0.5) is 0 Å². The number of thiol groups is 1. The molecule has 0 amide bonds. The lowest BCUT2D eigenvalue weighted by molar-refractivity contribution is 0.427. The quantitative estimate of drug-likeness (QED) is 0.751. The van der Waals surface area contributed by atoms with E-state index in [2.05, 4.69) is 18.7 Å². The third-order valence-electron chi connectivity index (χ3n) is 1.92. The molecule has 0 atom stereocenters. The molecule has 0 bridgehead atoms. The van der Waals surface area contributed by atoms with Gasteiger partial charge in [-0.3, -0.25) is 0 Å². The second-order valence-corrected chi connectivity index (χ2v) is 4.35. The van der Waals surface area contributed by atoms with Gasteiger partial charge in [0.25, 0.3) is 0 Å². The molecule has 0 spiro atoms. The van der Waals surface area contributed by atoms with E-state index in [1.54, 1.807) is 13.2 Å². The summed E-state index contributed by atoms with van der Waals surface area (Å²) in [5, 5.41) is 10.7. The second kappa shape index (κ2) is 3.52. The van der Waals surface area contributed by atoms with Gasteiger partial charge in [0.2, 0.25) is 0 Å². The highest BCUT2D eigenvalue weighted by Gasteiger charge is 2.07. The highest BCUT2D eigenvalue weighted by molar-refractivity contribution is 7.80. The van der Waals surface area contributed by atoms with Gasteiger partial charge in [-0.1, -0.05) is 11.3 Å². The van der Waals surface area contributed by atoms with Crippen LogP contribution in [0.3, 0.4) is 0 Å². The summed E-state index contributed by atoms with van der Waals surface area (Å²) in [5.74, 6) is 0. The Bertz CT molecular complexity index is 525. The van der Waals surface area contributed by atoms with E-state index >= 15 is 0 Å². The summed E-state index contributed by atoms with van der Waals surface area (Å²) >= 11 is 5.76. The Morgan fingerprint density at radius 1 is 1.43 bits per heavy atom. The number of benzene rings is 1. The van der Waals surface area contributed by atoms with E-state index < -0.39 is 0 Å². The number of fused-ring (bicyclic) bond motifs is 1. The summed E-state index contributed by atoms with van der Waals surface area (Å²) in [6, 6.07) is 7.73. The molecule has 0 unspecified atom stereocenters. The number of rotatable bonds is 1. The molecule has 0 saturated carbocycles. The van der Waals surface area contributed by atoms with Crippen molar-refractivity contribution in [1.82, 2.24) is 0 Å². The van der Waals surface area contributed by atoms with E-state index in [1.807, 2.05) is 12.1 Å². The van der Waals surface area contributed by atoms with Crippen molar-refractivity contribution in [3.05, 3.63) is 23.8 Å². The van der Waals surface area contributed by atoms with E-state index in [4.69, 9.17) is 10.00 Å². The smallest absolute Gasteiger partial charge is 0.174 e. The van der Waals surface area contributed by atoms with Crippen LogP contribution in [0.15, 0.2) is 23.1 Å². The van der Waals surface area contributed by atoms with Crippen LogP contribution in [-0.2, 0) is 0 Å². The van der Waals surface area contributed by atoms with Crippen molar-refractivity contribution in [2.75, 3.05) is 7.11 Å². The summed E-state index contributed by atoms with van der Waals surface area (Å²) in [7, 11) is 1.62. The van der Waals surface area contributed by atoms with Crippen LogP contribution in [0, 0.1) is 11.3 Å². The van der Waals surface area contributed by atoms with Crippen LogP contribution in [0.1, 0.15) is 5.56 Å². The van der Waals surface area contributed by atoms with Gasteiger partial charge >= 0.3 is 0 Å². The first-order valence-electron chi connectivity index (χ1n) is 3.95. The highest BCUT2D eigenvalue weighted by atomic mass is 32.1. The van der Waals surface area contributed by atoms with Gasteiger partial charge in [0.05, 0.1) is 18.7 Å². The van der Waals surface area contributed by atoms with Gasteiger partial charge in [0, 0.05) is 21.0 Å². The number of nitriles is 1. The monoisotopic (exact) mass is 221 g/mol. The lowest BCUT2D eigenvalue weighted by Gasteiger charge is -1.94. The minimum atomic E-state index is 0.645. The van der Waals surface area contributed by atoms with E-state index in [1.165, 1.54) is 11.3 Å². The van der Waals surface area contributed by atoms with Crippen LogP contribution in [0.5, 0.6) is 5.06 Å². The number of nitrogens with zero attached hydrogens (tertiary/aromatic N) is 1. The number of methoxy groups -OCH3 is 1. The van der Waals surface area contributed by atoms with Crippen molar-refractivity contribution in [2.45, 2.75) is 4.90 Å². The zero-order chi connectivity index (χ0) is 10.1. The fourth-order valence-corrected chi connectivity index (χ4v) is 2.58. The molecule has 0 fully saturated rings. The summed E-state index contributed by atoms with van der Waals surface area (Å²) in [6.45, 7) is 0. The molecule has 1 aromatic carbocycles. The zero-order valence-electron chi connectivity index (χ0n) is 7.44. The van der Waals surface area contributed by atoms with Crippen LogP contribution < -0.4 is 4.74 Å². The van der Waals surface area contributed by atoms with E-state index in [-0.39, 0.29) is 0 Å². The molecule has 2 nitrogen and oxygen atoms in total. The van der Waals surface area contributed by atoms with Gasteiger partial charge < -0.3 is 4.74 Å². The van der Waals surface area contributed by atoms with Crippen molar-refractivity contribution < 1.29 is 4.74 Å². The molecule has 0 N–H and O–H groups in total. The van der Waals surface area contributed by atoms with Gasteiger partial charge in [0.15, 0.2) is 5.06 Å². The Kier molecular flexibility index (Phi) is 2.36. The van der Waals surface area contributed by atoms with Crippen LogP contribution in [-0.4, -0.2) is 7.11 Å². The molecular formula is C10H7NOS2. The van der Waals surface area contributed by atoms with Crippen molar-refractivity contribution >= 4 is 34.1 Å². The first-order chi connectivity index (χ1) is 6.74. The van der Waals surface area contributed by atoms with E-state index in [0.717, 1.165) is 20.0 Å². The fraction of sp³-hybridized carbons (Fsp3) is 0.100. The molecule has 1 aromatic heterocycles. The number of hydrogen-bond donors (Lipinski definition) is 1.